The first kappa shape index (κ1) is 11.7. The molecule has 90 valence electrons. The van der Waals surface area contributed by atoms with Gasteiger partial charge in [0.05, 0.1) is 19.3 Å². The Morgan fingerprint density at radius 1 is 1.35 bits per heavy atom. The molecule has 0 amide bonds. The van der Waals surface area contributed by atoms with Crippen molar-refractivity contribution < 1.29 is 9.15 Å². The van der Waals surface area contributed by atoms with Crippen molar-refractivity contribution in [2.75, 3.05) is 11.9 Å². The Labute approximate surface area is 101 Å². The minimum Gasteiger partial charge on any atom is -0.447 e. The maximum Gasteiger partial charge on any atom is 0.180 e. The van der Waals surface area contributed by atoms with Crippen LogP contribution < -0.4 is 5.32 Å². The van der Waals surface area contributed by atoms with Crippen molar-refractivity contribution in [3.8, 4) is 0 Å². The molecule has 1 N–H and O–H groups in total. The standard InChI is InChI=1S/C13H16N2O2/c1-2-16-9-11-5-3-4-6-13(11)15-8-12-7-14-10-17-12/h3-7,10,15H,2,8-9H2,1H3. The Balaban J connectivity index is 1.99. The number of hydrogen-bond acceptors (Lipinski definition) is 4. The topological polar surface area (TPSA) is 47.3 Å². The number of para-hydroxylation sites is 1. The maximum atomic E-state index is 5.42. The number of oxazole rings is 1. The molecule has 0 aliphatic rings. The largest absolute Gasteiger partial charge is 0.447 e. The van der Waals surface area contributed by atoms with Gasteiger partial charge in [0.15, 0.2) is 6.39 Å². The van der Waals surface area contributed by atoms with Crippen molar-refractivity contribution in [1.82, 2.24) is 4.98 Å². The van der Waals surface area contributed by atoms with Crippen LogP contribution in [0, 0.1) is 0 Å². The smallest absolute Gasteiger partial charge is 0.180 e. The van der Waals surface area contributed by atoms with Gasteiger partial charge < -0.3 is 14.5 Å². The number of nitrogens with zero attached hydrogens (tertiary/aromatic N) is 1. The van der Waals surface area contributed by atoms with Gasteiger partial charge in [-0.15, -0.1) is 0 Å². The van der Waals surface area contributed by atoms with Crippen LogP contribution in [0.2, 0.25) is 0 Å². The fraction of sp³-hybridized carbons (Fsp3) is 0.308. The normalized spacial score (nSPS) is 10.4. The summed E-state index contributed by atoms with van der Waals surface area (Å²) in [6.07, 6.45) is 3.14. The van der Waals surface area contributed by atoms with Crippen molar-refractivity contribution >= 4 is 5.69 Å². The molecule has 0 atom stereocenters. The molecule has 0 unspecified atom stereocenters. The highest BCUT2D eigenvalue weighted by Crippen LogP contribution is 2.17. The lowest BCUT2D eigenvalue weighted by molar-refractivity contribution is 0.134. The van der Waals surface area contributed by atoms with Gasteiger partial charge >= 0.3 is 0 Å². The Morgan fingerprint density at radius 3 is 3.00 bits per heavy atom. The van der Waals surface area contributed by atoms with E-state index < -0.39 is 0 Å². The van der Waals surface area contributed by atoms with Crippen LogP contribution in [-0.2, 0) is 17.9 Å². The predicted molar refractivity (Wildman–Crippen MR) is 65.6 cm³/mol. The summed E-state index contributed by atoms with van der Waals surface area (Å²) in [4.78, 5) is 3.88. The summed E-state index contributed by atoms with van der Waals surface area (Å²) in [6.45, 7) is 3.96. The van der Waals surface area contributed by atoms with E-state index >= 15 is 0 Å². The quantitative estimate of drug-likeness (QED) is 0.832. The molecule has 0 saturated heterocycles. The van der Waals surface area contributed by atoms with Crippen molar-refractivity contribution in [2.45, 2.75) is 20.1 Å². The third-order valence-electron chi connectivity index (χ3n) is 2.42. The number of benzene rings is 1. The molecule has 0 spiro atoms. The van der Waals surface area contributed by atoms with Crippen molar-refractivity contribution in [3.05, 3.63) is 48.2 Å². The Kier molecular flexibility index (Phi) is 4.16. The monoisotopic (exact) mass is 232 g/mol. The van der Waals surface area contributed by atoms with Gasteiger partial charge in [0.2, 0.25) is 0 Å². The number of hydrogen-bond donors (Lipinski definition) is 1. The zero-order valence-electron chi connectivity index (χ0n) is 9.85. The van der Waals surface area contributed by atoms with Gasteiger partial charge in [-0.2, -0.15) is 0 Å². The molecule has 17 heavy (non-hydrogen) atoms. The fourth-order valence-electron chi connectivity index (χ4n) is 1.54. The second-order valence-corrected chi connectivity index (χ2v) is 3.62. The SMILES string of the molecule is CCOCc1ccccc1NCc1cnco1. The van der Waals surface area contributed by atoms with E-state index in [0.29, 0.717) is 13.2 Å². The van der Waals surface area contributed by atoms with E-state index in [9.17, 15) is 0 Å². The van der Waals surface area contributed by atoms with Crippen LogP contribution >= 0.6 is 0 Å². The van der Waals surface area contributed by atoms with E-state index in [1.807, 2.05) is 25.1 Å². The van der Waals surface area contributed by atoms with Gasteiger partial charge in [-0.25, -0.2) is 4.98 Å². The van der Waals surface area contributed by atoms with Crippen LogP contribution in [0.1, 0.15) is 18.2 Å². The molecule has 4 heteroatoms. The average Bonchev–Trinajstić information content (AvgIpc) is 2.88. The number of rotatable bonds is 6. The van der Waals surface area contributed by atoms with E-state index in [-0.39, 0.29) is 0 Å². The number of ether oxygens (including phenoxy) is 1. The highest BCUT2D eigenvalue weighted by atomic mass is 16.5. The molecule has 1 aromatic carbocycles. The van der Waals surface area contributed by atoms with E-state index in [0.717, 1.165) is 23.6 Å². The van der Waals surface area contributed by atoms with E-state index in [2.05, 4.69) is 16.4 Å². The molecular weight excluding hydrogens is 216 g/mol. The summed E-state index contributed by atoms with van der Waals surface area (Å²) in [7, 11) is 0. The third kappa shape index (κ3) is 3.32. The second-order valence-electron chi connectivity index (χ2n) is 3.62. The minimum atomic E-state index is 0.621. The van der Waals surface area contributed by atoms with E-state index in [1.54, 1.807) is 6.20 Å². The molecule has 0 fully saturated rings. The summed E-state index contributed by atoms with van der Waals surface area (Å²) in [5.74, 6) is 0.816. The van der Waals surface area contributed by atoms with Crippen molar-refractivity contribution in [1.29, 1.82) is 0 Å². The molecule has 0 bridgehead atoms. The molecule has 0 radical (unpaired) electrons. The average molecular weight is 232 g/mol. The van der Waals surface area contributed by atoms with Crippen LogP contribution in [0.15, 0.2) is 41.3 Å². The molecule has 4 nitrogen and oxygen atoms in total. The van der Waals surface area contributed by atoms with Gasteiger partial charge in [0, 0.05) is 17.9 Å². The van der Waals surface area contributed by atoms with Crippen LogP contribution in [0.5, 0.6) is 0 Å². The van der Waals surface area contributed by atoms with Crippen LogP contribution in [0.25, 0.3) is 0 Å². The first-order valence-corrected chi connectivity index (χ1v) is 5.67. The molecule has 0 aliphatic carbocycles. The highest BCUT2D eigenvalue weighted by molar-refractivity contribution is 5.50. The summed E-state index contributed by atoms with van der Waals surface area (Å²) in [5.41, 5.74) is 2.21. The highest BCUT2D eigenvalue weighted by Gasteiger charge is 2.02. The summed E-state index contributed by atoms with van der Waals surface area (Å²) in [5, 5.41) is 3.31. The zero-order chi connectivity index (χ0) is 11.9. The van der Waals surface area contributed by atoms with Gasteiger partial charge in [-0.1, -0.05) is 18.2 Å². The number of aromatic nitrogens is 1. The Morgan fingerprint density at radius 2 is 2.24 bits per heavy atom. The first-order valence-electron chi connectivity index (χ1n) is 5.67. The van der Waals surface area contributed by atoms with Gasteiger partial charge in [-0.05, 0) is 13.0 Å². The molecule has 0 saturated carbocycles. The lowest BCUT2D eigenvalue weighted by Crippen LogP contribution is -2.03. The third-order valence-corrected chi connectivity index (χ3v) is 2.42. The molecule has 0 aliphatic heterocycles. The first-order chi connectivity index (χ1) is 8.40. The van der Waals surface area contributed by atoms with Crippen molar-refractivity contribution in [3.63, 3.8) is 0 Å². The fourth-order valence-corrected chi connectivity index (χ4v) is 1.54. The molecule has 2 rings (SSSR count). The van der Waals surface area contributed by atoms with Gasteiger partial charge in [-0.3, -0.25) is 0 Å². The second kappa shape index (κ2) is 6.06. The lowest BCUT2D eigenvalue weighted by Gasteiger charge is -2.10. The molecule has 1 aromatic heterocycles. The summed E-state index contributed by atoms with van der Waals surface area (Å²) in [6, 6.07) is 8.09. The van der Waals surface area contributed by atoms with E-state index in [4.69, 9.17) is 9.15 Å². The number of anilines is 1. The number of nitrogens with one attached hydrogen (secondary N) is 1. The zero-order valence-corrected chi connectivity index (χ0v) is 9.85. The molecule has 1 heterocycles. The van der Waals surface area contributed by atoms with Crippen molar-refractivity contribution in [2.24, 2.45) is 0 Å². The predicted octanol–water partition coefficient (Wildman–Crippen LogP) is 2.82. The Hall–Kier alpha value is -1.81. The van der Waals surface area contributed by atoms with Gasteiger partial charge in [0.25, 0.3) is 0 Å². The lowest BCUT2D eigenvalue weighted by atomic mass is 10.2. The summed E-state index contributed by atoms with van der Waals surface area (Å²) >= 11 is 0. The molecular formula is C13H16N2O2. The van der Waals surface area contributed by atoms with Crippen LogP contribution in [0.3, 0.4) is 0 Å². The van der Waals surface area contributed by atoms with Crippen LogP contribution in [-0.4, -0.2) is 11.6 Å². The summed E-state index contributed by atoms with van der Waals surface area (Å²) < 4.78 is 10.6. The minimum absolute atomic E-state index is 0.621. The van der Waals surface area contributed by atoms with Gasteiger partial charge in [0.1, 0.15) is 5.76 Å². The Bertz CT molecular complexity index is 440. The maximum absolute atomic E-state index is 5.42. The molecule has 2 aromatic rings. The van der Waals surface area contributed by atoms with E-state index in [1.165, 1.54) is 6.39 Å². The van der Waals surface area contributed by atoms with Crippen LogP contribution in [0.4, 0.5) is 5.69 Å².